The summed E-state index contributed by atoms with van der Waals surface area (Å²) in [6, 6.07) is 6.15. The average Bonchev–Trinajstić information content (AvgIpc) is 2.24. The summed E-state index contributed by atoms with van der Waals surface area (Å²) in [5.74, 6) is 0. The van der Waals surface area contributed by atoms with Crippen LogP contribution in [0.4, 0.5) is 11.4 Å². The van der Waals surface area contributed by atoms with Crippen LogP contribution < -0.4 is 11.2 Å². The Labute approximate surface area is 91.2 Å². The maximum atomic E-state index is 5.95. The number of benzene rings is 1. The number of hydrogen-bond acceptors (Lipinski definition) is 3. The van der Waals surface area contributed by atoms with Gasteiger partial charge in [0, 0.05) is 13.1 Å². The molecule has 0 spiro atoms. The van der Waals surface area contributed by atoms with Gasteiger partial charge in [0.05, 0.1) is 11.4 Å². The van der Waals surface area contributed by atoms with Crippen molar-refractivity contribution in [2.45, 2.75) is 26.2 Å². The molecule has 1 heterocycles. The number of rotatable bonds is 2. The molecule has 0 aromatic heterocycles. The average molecular weight is 205 g/mol. The summed E-state index contributed by atoms with van der Waals surface area (Å²) in [7, 11) is 0. The summed E-state index contributed by atoms with van der Waals surface area (Å²) in [6.07, 6.45) is 3.90. The van der Waals surface area contributed by atoms with Gasteiger partial charge in [-0.3, -0.25) is 0 Å². The lowest BCUT2D eigenvalue weighted by atomic mass is 10.1. The lowest BCUT2D eigenvalue weighted by molar-refractivity contribution is 0.273. The van der Waals surface area contributed by atoms with Crippen LogP contribution in [-0.2, 0) is 0 Å². The number of nitrogens with zero attached hydrogens (tertiary/aromatic N) is 1. The number of nitrogens with one attached hydrogen (secondary N) is 1. The number of piperidine rings is 1. The Bertz CT molecular complexity index is 330. The highest BCUT2D eigenvalue weighted by molar-refractivity contribution is 5.66. The fourth-order valence-corrected chi connectivity index (χ4v) is 1.96. The molecule has 0 atom stereocenters. The molecule has 0 bridgehead atoms. The highest BCUT2D eigenvalue weighted by Gasteiger charge is 2.10. The van der Waals surface area contributed by atoms with Gasteiger partial charge < -0.3 is 11.2 Å². The Balaban J connectivity index is 2.03. The zero-order chi connectivity index (χ0) is 10.7. The van der Waals surface area contributed by atoms with Crippen molar-refractivity contribution in [2.75, 3.05) is 24.2 Å². The maximum Gasteiger partial charge on any atom is 0.0720 e. The molecule has 0 amide bonds. The highest BCUT2D eigenvalue weighted by atomic mass is 15.5. The summed E-state index contributed by atoms with van der Waals surface area (Å²) in [5, 5.41) is 2.25. The molecule has 1 aliphatic rings. The Morgan fingerprint density at radius 3 is 2.60 bits per heavy atom. The third-order valence-electron chi connectivity index (χ3n) is 2.84. The summed E-state index contributed by atoms with van der Waals surface area (Å²) < 4.78 is 0. The van der Waals surface area contributed by atoms with Crippen LogP contribution >= 0.6 is 0 Å². The van der Waals surface area contributed by atoms with Crippen molar-refractivity contribution in [3.8, 4) is 0 Å². The van der Waals surface area contributed by atoms with E-state index in [-0.39, 0.29) is 0 Å². The molecule has 0 aliphatic carbocycles. The van der Waals surface area contributed by atoms with E-state index < -0.39 is 0 Å². The van der Waals surface area contributed by atoms with Crippen molar-refractivity contribution in [3.63, 3.8) is 0 Å². The highest BCUT2D eigenvalue weighted by Crippen LogP contribution is 2.21. The van der Waals surface area contributed by atoms with Gasteiger partial charge >= 0.3 is 0 Å². The van der Waals surface area contributed by atoms with Gasteiger partial charge in [0.1, 0.15) is 0 Å². The summed E-state index contributed by atoms with van der Waals surface area (Å²) in [4.78, 5) is 0. The monoisotopic (exact) mass is 205 g/mol. The molecule has 3 N–H and O–H groups in total. The van der Waals surface area contributed by atoms with Crippen molar-refractivity contribution < 1.29 is 0 Å². The van der Waals surface area contributed by atoms with Gasteiger partial charge in [-0.2, -0.15) is 0 Å². The Morgan fingerprint density at radius 2 is 1.93 bits per heavy atom. The van der Waals surface area contributed by atoms with Crippen LogP contribution in [0.3, 0.4) is 0 Å². The van der Waals surface area contributed by atoms with E-state index in [0.29, 0.717) is 0 Å². The number of aryl methyl sites for hydroxylation is 1. The maximum absolute atomic E-state index is 5.95. The van der Waals surface area contributed by atoms with Gasteiger partial charge in [0.2, 0.25) is 0 Å². The Morgan fingerprint density at radius 1 is 1.20 bits per heavy atom. The minimum atomic E-state index is 0.834. The third kappa shape index (κ3) is 2.63. The first-order chi connectivity index (χ1) is 7.25. The molecular formula is C12H19N3. The topological polar surface area (TPSA) is 41.3 Å². The van der Waals surface area contributed by atoms with E-state index in [1.54, 1.807) is 0 Å². The van der Waals surface area contributed by atoms with Gasteiger partial charge in [-0.05, 0) is 37.5 Å². The lowest BCUT2D eigenvalue weighted by Crippen LogP contribution is -2.35. The first-order valence-electron chi connectivity index (χ1n) is 5.63. The van der Waals surface area contributed by atoms with E-state index in [1.807, 2.05) is 6.07 Å². The number of anilines is 2. The summed E-state index contributed by atoms with van der Waals surface area (Å²) in [5.41, 5.74) is 12.4. The van der Waals surface area contributed by atoms with Crippen LogP contribution in [0.15, 0.2) is 18.2 Å². The molecule has 0 saturated carbocycles. The molecule has 0 radical (unpaired) electrons. The standard InChI is InChI=1S/C12H19N3/c1-10-5-6-12(11(13)9-10)14-15-7-3-2-4-8-15/h5-6,9,14H,2-4,7-8,13H2,1H3. The molecule has 1 saturated heterocycles. The van der Waals surface area contributed by atoms with E-state index in [9.17, 15) is 0 Å². The van der Waals surface area contributed by atoms with Gasteiger partial charge in [-0.15, -0.1) is 0 Å². The molecular weight excluding hydrogens is 186 g/mol. The van der Waals surface area contributed by atoms with Gasteiger partial charge in [-0.1, -0.05) is 12.5 Å². The number of nitrogens with two attached hydrogens (primary N) is 1. The summed E-state index contributed by atoms with van der Waals surface area (Å²) in [6.45, 7) is 4.29. The fraction of sp³-hybridized carbons (Fsp3) is 0.500. The van der Waals surface area contributed by atoms with Crippen LogP contribution in [0.1, 0.15) is 24.8 Å². The van der Waals surface area contributed by atoms with Crippen LogP contribution in [0.2, 0.25) is 0 Å². The second-order valence-corrected chi connectivity index (χ2v) is 4.25. The van der Waals surface area contributed by atoms with Crippen LogP contribution in [0.25, 0.3) is 0 Å². The predicted octanol–water partition coefficient (Wildman–Crippen LogP) is 2.39. The molecule has 15 heavy (non-hydrogen) atoms. The summed E-state index contributed by atoms with van der Waals surface area (Å²) >= 11 is 0. The Hall–Kier alpha value is -1.22. The van der Waals surface area contributed by atoms with E-state index in [4.69, 9.17) is 5.73 Å². The molecule has 0 unspecified atom stereocenters. The minimum Gasteiger partial charge on any atom is -0.397 e. The first-order valence-corrected chi connectivity index (χ1v) is 5.63. The quantitative estimate of drug-likeness (QED) is 0.728. The predicted molar refractivity (Wildman–Crippen MR) is 64.6 cm³/mol. The second kappa shape index (κ2) is 4.53. The molecule has 3 nitrogen and oxygen atoms in total. The van der Waals surface area contributed by atoms with Crippen molar-refractivity contribution in [1.29, 1.82) is 0 Å². The molecule has 1 fully saturated rings. The molecule has 1 aromatic rings. The zero-order valence-corrected chi connectivity index (χ0v) is 9.29. The largest absolute Gasteiger partial charge is 0.397 e. The fourth-order valence-electron chi connectivity index (χ4n) is 1.96. The third-order valence-corrected chi connectivity index (χ3v) is 2.84. The molecule has 2 rings (SSSR count). The molecule has 1 aliphatic heterocycles. The van der Waals surface area contributed by atoms with Crippen molar-refractivity contribution in [3.05, 3.63) is 23.8 Å². The second-order valence-electron chi connectivity index (χ2n) is 4.25. The van der Waals surface area contributed by atoms with Crippen molar-refractivity contribution in [2.24, 2.45) is 0 Å². The minimum absolute atomic E-state index is 0.834. The SMILES string of the molecule is Cc1ccc(NN2CCCCC2)c(N)c1. The molecule has 1 aromatic carbocycles. The number of hydrazine groups is 1. The lowest BCUT2D eigenvalue weighted by Gasteiger charge is -2.28. The normalized spacial score (nSPS) is 17.7. The van der Waals surface area contributed by atoms with Crippen LogP contribution in [-0.4, -0.2) is 18.1 Å². The van der Waals surface area contributed by atoms with Gasteiger partial charge in [-0.25, -0.2) is 5.01 Å². The van der Waals surface area contributed by atoms with E-state index in [2.05, 4.69) is 29.5 Å². The number of nitrogen functional groups attached to an aromatic ring is 1. The van der Waals surface area contributed by atoms with E-state index in [1.165, 1.54) is 24.8 Å². The zero-order valence-electron chi connectivity index (χ0n) is 9.29. The van der Waals surface area contributed by atoms with Crippen molar-refractivity contribution in [1.82, 2.24) is 5.01 Å². The van der Waals surface area contributed by atoms with Gasteiger partial charge in [0.25, 0.3) is 0 Å². The van der Waals surface area contributed by atoms with E-state index >= 15 is 0 Å². The van der Waals surface area contributed by atoms with Crippen LogP contribution in [0.5, 0.6) is 0 Å². The first kappa shape index (κ1) is 10.3. The van der Waals surface area contributed by atoms with Crippen LogP contribution in [0, 0.1) is 6.92 Å². The van der Waals surface area contributed by atoms with Gasteiger partial charge in [0.15, 0.2) is 0 Å². The smallest absolute Gasteiger partial charge is 0.0720 e. The molecule has 3 heteroatoms. The van der Waals surface area contributed by atoms with E-state index in [0.717, 1.165) is 24.5 Å². The Kier molecular flexibility index (Phi) is 3.11. The molecule has 82 valence electrons. The van der Waals surface area contributed by atoms with Crippen molar-refractivity contribution >= 4 is 11.4 Å². The number of hydrogen-bond donors (Lipinski definition) is 2.